The number of nitrogens with zero attached hydrogens (tertiary/aromatic N) is 2. The van der Waals surface area contributed by atoms with E-state index in [4.69, 9.17) is 9.84 Å². The number of aromatic carboxylic acids is 1. The maximum Gasteiger partial charge on any atom is 0.336 e. The zero-order valence-corrected chi connectivity index (χ0v) is 10.6. The minimum atomic E-state index is -0.906. The van der Waals surface area contributed by atoms with Gasteiger partial charge in [0.15, 0.2) is 0 Å². The van der Waals surface area contributed by atoms with Gasteiger partial charge in [-0.2, -0.15) is 5.10 Å². The van der Waals surface area contributed by atoms with Crippen LogP contribution in [0.4, 0.5) is 0 Å². The van der Waals surface area contributed by atoms with Gasteiger partial charge in [-0.15, -0.1) is 0 Å². The normalized spacial score (nSPS) is 16.8. The summed E-state index contributed by atoms with van der Waals surface area (Å²) in [6, 6.07) is 5.31. The van der Waals surface area contributed by atoms with Gasteiger partial charge in [0.25, 0.3) is 0 Å². The maximum absolute atomic E-state index is 11.2. The van der Waals surface area contributed by atoms with Gasteiger partial charge in [0, 0.05) is 25.1 Å². The van der Waals surface area contributed by atoms with Crippen LogP contribution in [-0.4, -0.2) is 34.1 Å². The molecule has 2 aromatic rings. The Morgan fingerprint density at radius 3 is 2.95 bits per heavy atom. The van der Waals surface area contributed by atoms with Gasteiger partial charge < -0.3 is 9.84 Å². The molecule has 0 bridgehead atoms. The van der Waals surface area contributed by atoms with E-state index in [1.165, 1.54) is 0 Å². The molecular formula is C14H16N2O3. The number of carbonyl (C=O) groups is 1. The van der Waals surface area contributed by atoms with Crippen molar-refractivity contribution in [3.05, 3.63) is 30.0 Å². The first-order valence-electron chi connectivity index (χ1n) is 6.51. The van der Waals surface area contributed by atoms with Gasteiger partial charge in [-0.05, 0) is 30.9 Å². The topological polar surface area (TPSA) is 64.3 Å². The van der Waals surface area contributed by atoms with Crippen molar-refractivity contribution in [2.24, 2.45) is 5.92 Å². The monoisotopic (exact) mass is 260 g/mol. The van der Waals surface area contributed by atoms with Crippen molar-refractivity contribution in [2.75, 3.05) is 13.2 Å². The van der Waals surface area contributed by atoms with Crippen molar-refractivity contribution < 1.29 is 14.6 Å². The smallest absolute Gasteiger partial charge is 0.336 e. The highest BCUT2D eigenvalue weighted by Gasteiger charge is 2.17. The van der Waals surface area contributed by atoms with E-state index in [9.17, 15) is 4.79 Å². The molecule has 1 fully saturated rings. The van der Waals surface area contributed by atoms with Crippen LogP contribution in [0.2, 0.25) is 0 Å². The molecule has 1 saturated heterocycles. The van der Waals surface area contributed by atoms with E-state index in [0.29, 0.717) is 16.9 Å². The van der Waals surface area contributed by atoms with Gasteiger partial charge in [0.05, 0.1) is 17.3 Å². The minimum absolute atomic E-state index is 0.315. The van der Waals surface area contributed by atoms with E-state index in [1.54, 1.807) is 18.3 Å². The van der Waals surface area contributed by atoms with Crippen LogP contribution in [0.1, 0.15) is 23.2 Å². The fourth-order valence-electron chi connectivity index (χ4n) is 2.61. The predicted octanol–water partition coefficient (Wildman–Crippen LogP) is 2.16. The molecule has 5 nitrogen and oxygen atoms in total. The Balaban J connectivity index is 1.92. The number of benzene rings is 1. The first kappa shape index (κ1) is 12.2. The summed E-state index contributed by atoms with van der Waals surface area (Å²) in [5.74, 6) is -0.346. The van der Waals surface area contributed by atoms with E-state index < -0.39 is 5.97 Å². The molecule has 5 heteroatoms. The number of hydrogen-bond acceptors (Lipinski definition) is 3. The van der Waals surface area contributed by atoms with Crippen LogP contribution in [0.5, 0.6) is 0 Å². The third-order valence-electron chi connectivity index (χ3n) is 3.69. The van der Waals surface area contributed by atoms with Gasteiger partial charge in [0.2, 0.25) is 0 Å². The summed E-state index contributed by atoms with van der Waals surface area (Å²) in [5.41, 5.74) is 1.21. The molecule has 1 aliphatic heterocycles. The number of hydrogen-bond donors (Lipinski definition) is 1. The molecule has 1 aliphatic rings. The number of carboxylic acid groups (broad SMARTS) is 1. The summed E-state index contributed by atoms with van der Waals surface area (Å²) >= 11 is 0. The summed E-state index contributed by atoms with van der Waals surface area (Å²) in [4.78, 5) is 11.2. The highest BCUT2D eigenvalue weighted by molar-refractivity contribution is 6.02. The Morgan fingerprint density at radius 2 is 2.21 bits per heavy atom. The van der Waals surface area contributed by atoms with Crippen molar-refractivity contribution >= 4 is 16.9 Å². The summed E-state index contributed by atoms with van der Waals surface area (Å²) in [7, 11) is 0. The quantitative estimate of drug-likeness (QED) is 0.918. The number of fused-ring (bicyclic) bond motifs is 1. The third kappa shape index (κ3) is 2.33. The van der Waals surface area contributed by atoms with Crippen molar-refractivity contribution in [1.29, 1.82) is 0 Å². The molecule has 0 amide bonds. The molecule has 1 aromatic heterocycles. The van der Waals surface area contributed by atoms with Crippen molar-refractivity contribution in [1.82, 2.24) is 9.78 Å². The van der Waals surface area contributed by atoms with E-state index in [1.807, 2.05) is 10.7 Å². The Morgan fingerprint density at radius 1 is 1.42 bits per heavy atom. The lowest BCUT2D eigenvalue weighted by Gasteiger charge is -2.22. The number of aromatic nitrogens is 2. The fourth-order valence-corrected chi connectivity index (χ4v) is 2.61. The molecule has 100 valence electrons. The molecule has 2 heterocycles. The highest BCUT2D eigenvalue weighted by atomic mass is 16.5. The van der Waals surface area contributed by atoms with Crippen LogP contribution in [-0.2, 0) is 11.3 Å². The van der Waals surface area contributed by atoms with Crippen molar-refractivity contribution in [3.63, 3.8) is 0 Å². The third-order valence-corrected chi connectivity index (χ3v) is 3.69. The predicted molar refractivity (Wildman–Crippen MR) is 70.2 cm³/mol. The molecular weight excluding hydrogens is 244 g/mol. The maximum atomic E-state index is 11.2. The van der Waals surface area contributed by atoms with E-state index >= 15 is 0 Å². The average molecular weight is 260 g/mol. The van der Waals surface area contributed by atoms with E-state index in [0.717, 1.165) is 38.1 Å². The van der Waals surface area contributed by atoms with Gasteiger partial charge in [0.1, 0.15) is 0 Å². The number of rotatable bonds is 3. The second-order valence-corrected chi connectivity index (χ2v) is 4.93. The fraction of sp³-hybridized carbons (Fsp3) is 0.429. The van der Waals surface area contributed by atoms with Crippen molar-refractivity contribution in [3.8, 4) is 0 Å². The van der Waals surface area contributed by atoms with Crippen LogP contribution in [0, 0.1) is 5.92 Å². The average Bonchev–Trinajstić information content (AvgIpc) is 2.83. The molecule has 3 rings (SSSR count). The lowest BCUT2D eigenvalue weighted by Crippen LogP contribution is -2.20. The molecule has 1 aromatic carbocycles. The second-order valence-electron chi connectivity index (χ2n) is 4.93. The molecule has 0 spiro atoms. The van der Waals surface area contributed by atoms with Gasteiger partial charge >= 0.3 is 5.97 Å². The van der Waals surface area contributed by atoms with Crippen LogP contribution < -0.4 is 0 Å². The van der Waals surface area contributed by atoms with Crippen LogP contribution in [0.3, 0.4) is 0 Å². The molecule has 0 radical (unpaired) electrons. The molecule has 0 aliphatic carbocycles. The zero-order chi connectivity index (χ0) is 13.2. The molecule has 0 atom stereocenters. The number of ether oxygens (including phenoxy) is 1. The van der Waals surface area contributed by atoms with Gasteiger partial charge in [-0.25, -0.2) is 4.79 Å². The molecule has 0 saturated carbocycles. The standard InChI is InChI=1S/C14H16N2O3/c17-14(18)11-2-1-3-13-12(11)8-15-16(13)9-10-4-6-19-7-5-10/h1-3,8,10H,4-7,9H2,(H,17,18). The molecule has 0 unspecified atom stereocenters. The molecule has 19 heavy (non-hydrogen) atoms. The first-order chi connectivity index (χ1) is 9.25. The Kier molecular flexibility index (Phi) is 3.21. The lowest BCUT2D eigenvalue weighted by molar-refractivity contribution is 0.0605. The van der Waals surface area contributed by atoms with Crippen molar-refractivity contribution in [2.45, 2.75) is 19.4 Å². The van der Waals surface area contributed by atoms with E-state index in [2.05, 4.69) is 5.10 Å². The first-order valence-corrected chi connectivity index (χ1v) is 6.51. The SMILES string of the molecule is O=C(O)c1cccc2c1cnn2CC1CCOCC1. The summed E-state index contributed by atoms with van der Waals surface area (Å²) < 4.78 is 7.26. The summed E-state index contributed by atoms with van der Waals surface area (Å²) in [6.07, 6.45) is 3.73. The number of carboxylic acids is 1. The van der Waals surface area contributed by atoms with E-state index in [-0.39, 0.29) is 0 Å². The van der Waals surface area contributed by atoms with Crippen LogP contribution in [0.25, 0.3) is 10.9 Å². The Hall–Kier alpha value is -1.88. The van der Waals surface area contributed by atoms with Gasteiger partial charge in [-0.1, -0.05) is 6.07 Å². The van der Waals surface area contributed by atoms with Crippen LogP contribution >= 0.6 is 0 Å². The zero-order valence-electron chi connectivity index (χ0n) is 10.6. The molecule has 1 N–H and O–H groups in total. The van der Waals surface area contributed by atoms with Crippen LogP contribution in [0.15, 0.2) is 24.4 Å². The Labute approximate surface area is 110 Å². The largest absolute Gasteiger partial charge is 0.478 e. The highest BCUT2D eigenvalue weighted by Crippen LogP contribution is 2.22. The van der Waals surface area contributed by atoms with Gasteiger partial charge in [-0.3, -0.25) is 4.68 Å². The minimum Gasteiger partial charge on any atom is -0.478 e. The summed E-state index contributed by atoms with van der Waals surface area (Å²) in [5, 5.41) is 14.2. The summed E-state index contributed by atoms with van der Waals surface area (Å²) in [6.45, 7) is 2.45. The second kappa shape index (κ2) is 5.01. The Bertz CT molecular complexity index is 600. The lowest BCUT2D eigenvalue weighted by atomic mass is 10.0.